The van der Waals surface area contributed by atoms with Crippen LogP contribution in [0.4, 0.5) is 0 Å². The van der Waals surface area contributed by atoms with Gasteiger partial charge in [0.15, 0.2) is 18.7 Å². The summed E-state index contributed by atoms with van der Waals surface area (Å²) in [6.07, 6.45) is -8.53. The molecule has 1 fully saturated rings. The number of fused-ring (bicyclic) bond motifs is 4. The first-order valence-electron chi connectivity index (χ1n) is 17.5. The number of imide groups is 1. The van der Waals surface area contributed by atoms with E-state index in [0.29, 0.717) is 0 Å². The molecular formula is C39H35NO16. The summed E-state index contributed by atoms with van der Waals surface area (Å²) in [7, 11) is 1.27. The van der Waals surface area contributed by atoms with E-state index >= 15 is 0 Å². The molecule has 292 valence electrons. The van der Waals surface area contributed by atoms with E-state index in [4.69, 9.17) is 24.1 Å². The lowest BCUT2D eigenvalue weighted by molar-refractivity contribution is -0.254. The monoisotopic (exact) mass is 773 g/mol. The van der Waals surface area contributed by atoms with Crippen molar-refractivity contribution in [2.75, 3.05) is 13.7 Å². The van der Waals surface area contributed by atoms with E-state index in [9.17, 15) is 54.0 Å². The Kier molecular flexibility index (Phi) is 9.74. The van der Waals surface area contributed by atoms with Crippen molar-refractivity contribution < 1.29 is 78.0 Å². The van der Waals surface area contributed by atoms with Crippen LogP contribution in [0.2, 0.25) is 0 Å². The van der Waals surface area contributed by atoms with Crippen molar-refractivity contribution in [1.82, 2.24) is 4.90 Å². The number of ketones is 3. The second-order valence-electron chi connectivity index (χ2n) is 14.0. The predicted molar refractivity (Wildman–Crippen MR) is 185 cm³/mol. The summed E-state index contributed by atoms with van der Waals surface area (Å²) in [6.45, 7) is 0.414. The zero-order valence-corrected chi connectivity index (χ0v) is 29.8. The topological polar surface area (TPSA) is 261 Å². The first-order valence-corrected chi connectivity index (χ1v) is 17.5. The summed E-state index contributed by atoms with van der Waals surface area (Å²) in [5, 5.41) is 55.6. The number of phenolic OH excluding ortho intramolecular Hbond substituents is 2. The summed E-state index contributed by atoms with van der Waals surface area (Å²) in [5.74, 6) is -8.22. The molecule has 2 heterocycles. The third-order valence-electron chi connectivity index (χ3n) is 10.7. The van der Waals surface area contributed by atoms with Crippen LogP contribution in [0.1, 0.15) is 102 Å². The number of hydrogen-bond donors (Lipinski definition) is 5. The van der Waals surface area contributed by atoms with Crippen molar-refractivity contribution in [3.05, 3.63) is 87.0 Å². The Morgan fingerprint density at radius 2 is 1.54 bits per heavy atom. The van der Waals surface area contributed by atoms with Crippen LogP contribution in [-0.4, -0.2) is 115 Å². The predicted octanol–water partition coefficient (Wildman–Crippen LogP) is 1.75. The third kappa shape index (κ3) is 6.18. The lowest BCUT2D eigenvalue weighted by Gasteiger charge is -2.44. The highest BCUT2D eigenvalue weighted by Crippen LogP contribution is 2.53. The van der Waals surface area contributed by atoms with Crippen molar-refractivity contribution in [1.29, 1.82) is 0 Å². The number of rotatable bonds is 10. The Morgan fingerprint density at radius 3 is 2.18 bits per heavy atom. The Balaban J connectivity index is 1.28. The van der Waals surface area contributed by atoms with Crippen LogP contribution >= 0.6 is 0 Å². The van der Waals surface area contributed by atoms with E-state index in [1.54, 1.807) is 12.1 Å². The number of amides is 2. The van der Waals surface area contributed by atoms with Gasteiger partial charge in [-0.2, -0.15) is 0 Å². The molecule has 17 heteroatoms. The van der Waals surface area contributed by atoms with Gasteiger partial charge < -0.3 is 44.5 Å². The number of aromatic hydroxyl groups is 2. The van der Waals surface area contributed by atoms with E-state index in [-0.39, 0.29) is 45.6 Å². The lowest BCUT2D eigenvalue weighted by atomic mass is 9.72. The molecule has 0 bridgehead atoms. The Morgan fingerprint density at radius 1 is 0.893 bits per heavy atom. The Bertz CT molecular complexity index is 2210. The molecule has 6 atom stereocenters. The molecule has 3 aromatic rings. The molecule has 56 heavy (non-hydrogen) atoms. The van der Waals surface area contributed by atoms with E-state index in [1.165, 1.54) is 44.4 Å². The minimum Gasteiger partial charge on any atom is -0.507 e. The number of phenols is 2. The van der Waals surface area contributed by atoms with Gasteiger partial charge in [0.25, 0.3) is 11.8 Å². The van der Waals surface area contributed by atoms with Gasteiger partial charge in [0.05, 0.1) is 66.0 Å². The van der Waals surface area contributed by atoms with Gasteiger partial charge in [-0.25, -0.2) is 0 Å². The summed E-state index contributed by atoms with van der Waals surface area (Å²) >= 11 is 0. The molecule has 0 unspecified atom stereocenters. The number of methoxy groups -OCH3 is 1. The molecule has 4 aliphatic rings. The molecule has 2 amide bonds. The maximum Gasteiger partial charge on any atom is 0.306 e. The number of aliphatic hydroxyl groups excluding tert-OH is 1. The fourth-order valence-corrected chi connectivity index (χ4v) is 7.87. The molecule has 0 spiro atoms. The largest absolute Gasteiger partial charge is 0.507 e. The number of carbonyl (C=O) groups excluding carboxylic acids is 6. The van der Waals surface area contributed by atoms with Gasteiger partial charge in [-0.05, 0) is 25.1 Å². The van der Waals surface area contributed by atoms with Gasteiger partial charge in [-0.1, -0.05) is 24.3 Å². The van der Waals surface area contributed by atoms with Gasteiger partial charge in [0.1, 0.15) is 29.0 Å². The van der Waals surface area contributed by atoms with Crippen LogP contribution < -0.4 is 4.74 Å². The molecule has 2 aliphatic heterocycles. The first-order chi connectivity index (χ1) is 26.6. The molecule has 0 radical (unpaired) electrons. The lowest BCUT2D eigenvalue weighted by Crippen LogP contribution is -2.57. The Labute approximate surface area is 317 Å². The molecule has 0 saturated carbocycles. The molecule has 2 aliphatic carbocycles. The van der Waals surface area contributed by atoms with Crippen molar-refractivity contribution in [3.63, 3.8) is 0 Å². The smallest absolute Gasteiger partial charge is 0.306 e. The maximum atomic E-state index is 14.0. The van der Waals surface area contributed by atoms with E-state index in [1.807, 2.05) is 0 Å². The number of nitrogens with zero attached hydrogens (tertiary/aromatic N) is 1. The number of Topliss-reactive ketones (excluding diaryl/α,β-unsaturated/α-hetero) is 1. The zero-order chi connectivity index (χ0) is 40.4. The molecule has 7 rings (SSSR count). The third-order valence-corrected chi connectivity index (χ3v) is 10.7. The number of esters is 1. The van der Waals surface area contributed by atoms with Crippen LogP contribution in [-0.2, 0) is 35.0 Å². The average molecular weight is 774 g/mol. The number of carboxylic acids is 1. The van der Waals surface area contributed by atoms with Crippen molar-refractivity contribution in [2.24, 2.45) is 0 Å². The standard InChI is InChI=1S/C39H35NO16/c1-16-32(45)21(40-37(50)17-6-3-4-7-18(17)38(40)51)12-27(55-16)56-23-14-39(52,24(41)15-54-26(44)11-10-25(42)43)13-20-29(23)36(49)31-30(34(20)47)33(46)19-8-5-9-22(53-2)28(19)35(31)48/h3-9,16,21,23,27,32,45,47,49,52H,10-15H2,1-2H3,(H,42,43)/t16-,21-,23-,27-,32+,39-/m0/s1. The normalized spacial score (nSPS) is 25.2. The molecule has 1 saturated heterocycles. The summed E-state index contributed by atoms with van der Waals surface area (Å²) < 4.78 is 22.5. The minimum absolute atomic E-state index is 0.0103. The second kappa shape index (κ2) is 14.2. The van der Waals surface area contributed by atoms with E-state index < -0.39 is 132 Å². The zero-order valence-electron chi connectivity index (χ0n) is 29.8. The maximum absolute atomic E-state index is 14.0. The number of ether oxygens (including phenoxy) is 4. The van der Waals surface area contributed by atoms with Gasteiger partial charge >= 0.3 is 11.9 Å². The number of carbonyl (C=O) groups is 7. The summed E-state index contributed by atoms with van der Waals surface area (Å²) in [5.41, 5.74) is -4.49. The van der Waals surface area contributed by atoms with Gasteiger partial charge in [0, 0.05) is 36.0 Å². The minimum atomic E-state index is -2.53. The highest BCUT2D eigenvalue weighted by molar-refractivity contribution is 6.31. The Hall–Kier alpha value is -6.01. The molecule has 5 N–H and O–H groups in total. The highest BCUT2D eigenvalue weighted by Gasteiger charge is 2.52. The van der Waals surface area contributed by atoms with Crippen LogP contribution in [0, 0.1) is 0 Å². The molecule has 17 nitrogen and oxygen atoms in total. The van der Waals surface area contributed by atoms with Gasteiger partial charge in [0.2, 0.25) is 11.6 Å². The molecule has 0 aromatic heterocycles. The summed E-state index contributed by atoms with van der Waals surface area (Å²) in [4.78, 5) is 92.3. The number of carboxylic acid groups (broad SMARTS) is 1. The van der Waals surface area contributed by atoms with Crippen molar-refractivity contribution >= 4 is 41.1 Å². The fourth-order valence-electron chi connectivity index (χ4n) is 7.87. The van der Waals surface area contributed by atoms with Crippen molar-refractivity contribution in [3.8, 4) is 17.2 Å². The number of aliphatic hydroxyl groups is 2. The quantitative estimate of drug-likeness (QED) is 0.0873. The highest BCUT2D eigenvalue weighted by atomic mass is 16.7. The fraction of sp³-hybridized carbons (Fsp3) is 0.359. The van der Waals surface area contributed by atoms with Crippen LogP contribution in [0.25, 0.3) is 0 Å². The van der Waals surface area contributed by atoms with Crippen LogP contribution in [0.3, 0.4) is 0 Å². The molecular weight excluding hydrogens is 738 g/mol. The van der Waals surface area contributed by atoms with E-state index in [0.717, 1.165) is 4.90 Å². The molecule has 3 aromatic carbocycles. The van der Waals surface area contributed by atoms with Crippen LogP contribution in [0.5, 0.6) is 17.2 Å². The number of hydrogen-bond acceptors (Lipinski definition) is 15. The first kappa shape index (κ1) is 38.3. The second-order valence-corrected chi connectivity index (χ2v) is 14.0. The van der Waals surface area contributed by atoms with Gasteiger partial charge in [-0.3, -0.25) is 38.5 Å². The summed E-state index contributed by atoms with van der Waals surface area (Å²) in [6, 6.07) is 9.08. The number of benzene rings is 3. The SMILES string of the molecule is COc1cccc2c1C(=O)c1c(O)c3c(c(O)c1C2=O)C[C@@](O)(C(=O)COC(=O)CCC(=O)O)C[C@@H]3O[C@H]1C[C@H](N2C(=O)c3ccccc3C2=O)[C@H](O)[C@H](C)O1. The van der Waals surface area contributed by atoms with E-state index in [2.05, 4.69) is 0 Å². The average Bonchev–Trinajstić information content (AvgIpc) is 3.42. The number of aliphatic carboxylic acids is 1. The van der Waals surface area contributed by atoms with Gasteiger partial charge in [-0.15, -0.1) is 0 Å². The van der Waals surface area contributed by atoms with Crippen molar-refractivity contribution in [2.45, 2.75) is 75.3 Å². The van der Waals surface area contributed by atoms with Crippen LogP contribution in [0.15, 0.2) is 42.5 Å².